The van der Waals surface area contributed by atoms with Crippen LogP contribution in [0.5, 0.6) is 5.75 Å². The molecule has 2 N–H and O–H groups in total. The van der Waals surface area contributed by atoms with Crippen molar-refractivity contribution in [3.63, 3.8) is 0 Å². The predicted molar refractivity (Wildman–Crippen MR) is 80.2 cm³/mol. The van der Waals surface area contributed by atoms with Crippen molar-refractivity contribution in [2.75, 3.05) is 19.5 Å². The lowest BCUT2D eigenvalue weighted by atomic mass is 10.1. The molecule has 0 aromatic heterocycles. The van der Waals surface area contributed by atoms with Crippen LogP contribution in [0.1, 0.15) is 30.0 Å². The highest BCUT2D eigenvalue weighted by Crippen LogP contribution is 2.36. The van der Waals surface area contributed by atoms with E-state index in [0.717, 1.165) is 24.0 Å². The van der Waals surface area contributed by atoms with Gasteiger partial charge in [0.1, 0.15) is 5.75 Å². The highest BCUT2D eigenvalue weighted by atomic mass is 32.2. The highest BCUT2D eigenvalue weighted by molar-refractivity contribution is 7.92. The Morgan fingerprint density at radius 3 is 2.90 bits per heavy atom. The Morgan fingerprint density at radius 2 is 2.24 bits per heavy atom. The molecule has 1 aliphatic carbocycles. The molecule has 2 aliphatic rings. The van der Waals surface area contributed by atoms with Gasteiger partial charge in [0, 0.05) is 12.6 Å². The van der Waals surface area contributed by atoms with Crippen LogP contribution in [0.2, 0.25) is 0 Å². The van der Waals surface area contributed by atoms with E-state index in [4.69, 9.17) is 15.2 Å². The van der Waals surface area contributed by atoms with Gasteiger partial charge in [-0.25, -0.2) is 8.42 Å². The highest BCUT2D eigenvalue weighted by Gasteiger charge is 2.40. The van der Waals surface area contributed by atoms with E-state index in [1.807, 2.05) is 18.2 Å². The smallest absolute Gasteiger partial charge is 0.157 e. The van der Waals surface area contributed by atoms with Gasteiger partial charge in [0.15, 0.2) is 9.84 Å². The van der Waals surface area contributed by atoms with Gasteiger partial charge in [-0.1, -0.05) is 6.07 Å². The lowest BCUT2D eigenvalue weighted by Crippen LogP contribution is -2.35. The molecule has 1 saturated heterocycles. The van der Waals surface area contributed by atoms with E-state index < -0.39 is 21.1 Å². The van der Waals surface area contributed by atoms with Gasteiger partial charge >= 0.3 is 0 Å². The molecule has 1 aromatic carbocycles. The molecular formula is C15H21NO4S. The number of rotatable bonds is 4. The molecule has 1 heterocycles. The van der Waals surface area contributed by atoms with E-state index in [-0.39, 0.29) is 11.9 Å². The van der Waals surface area contributed by atoms with Gasteiger partial charge in [-0.15, -0.1) is 0 Å². The Kier molecular flexibility index (Phi) is 3.94. The number of sulfone groups is 1. The number of ether oxygens (including phenoxy) is 2. The number of hydrogen-bond donors (Lipinski definition) is 1. The summed E-state index contributed by atoms with van der Waals surface area (Å²) < 4.78 is 35.9. The van der Waals surface area contributed by atoms with Crippen LogP contribution in [0.25, 0.3) is 0 Å². The standard InChI is InChI=1S/C15H21NO4S/c1-19-11-5-4-10-7-14(15(16)13(10)8-11)21(17,18)9-12-3-2-6-20-12/h4-5,8,12,14-15H,2-3,6-7,9,16H2,1H3. The van der Waals surface area contributed by atoms with E-state index >= 15 is 0 Å². The minimum absolute atomic E-state index is 0.0799. The molecule has 1 aromatic rings. The second-order valence-electron chi connectivity index (χ2n) is 5.80. The van der Waals surface area contributed by atoms with Gasteiger partial charge in [-0.2, -0.15) is 0 Å². The van der Waals surface area contributed by atoms with Gasteiger partial charge in [0.25, 0.3) is 0 Å². The predicted octanol–water partition coefficient (Wildman–Crippen LogP) is 1.21. The van der Waals surface area contributed by atoms with Crippen molar-refractivity contribution in [2.24, 2.45) is 5.73 Å². The summed E-state index contributed by atoms with van der Waals surface area (Å²) in [6.07, 6.45) is 2.08. The van der Waals surface area contributed by atoms with Crippen LogP contribution in [0.15, 0.2) is 18.2 Å². The van der Waals surface area contributed by atoms with E-state index in [1.165, 1.54) is 0 Å². The number of fused-ring (bicyclic) bond motifs is 1. The van der Waals surface area contributed by atoms with Crippen molar-refractivity contribution < 1.29 is 17.9 Å². The second kappa shape index (κ2) is 5.59. The van der Waals surface area contributed by atoms with Crippen LogP contribution >= 0.6 is 0 Å². The molecular weight excluding hydrogens is 290 g/mol. The first kappa shape index (κ1) is 14.8. The number of hydrogen-bond acceptors (Lipinski definition) is 5. The third-order valence-electron chi connectivity index (χ3n) is 4.44. The lowest BCUT2D eigenvalue weighted by Gasteiger charge is -2.19. The van der Waals surface area contributed by atoms with E-state index in [0.29, 0.717) is 18.8 Å². The van der Waals surface area contributed by atoms with Crippen molar-refractivity contribution in [2.45, 2.75) is 36.7 Å². The molecule has 3 unspecified atom stereocenters. The summed E-state index contributed by atoms with van der Waals surface area (Å²) in [6, 6.07) is 5.12. The maximum atomic E-state index is 12.6. The fourth-order valence-corrected chi connectivity index (χ4v) is 5.30. The molecule has 116 valence electrons. The van der Waals surface area contributed by atoms with Crippen LogP contribution in [0, 0.1) is 0 Å². The Morgan fingerprint density at radius 1 is 1.43 bits per heavy atom. The van der Waals surface area contributed by atoms with Crippen molar-refractivity contribution in [1.29, 1.82) is 0 Å². The average Bonchev–Trinajstić information content (AvgIpc) is 3.06. The average molecular weight is 311 g/mol. The third-order valence-corrected chi connectivity index (χ3v) is 6.66. The summed E-state index contributed by atoms with van der Waals surface area (Å²) >= 11 is 0. The number of nitrogens with two attached hydrogens (primary N) is 1. The maximum absolute atomic E-state index is 12.6. The summed E-state index contributed by atoms with van der Waals surface area (Å²) in [4.78, 5) is 0. The first-order chi connectivity index (χ1) is 10.0. The van der Waals surface area contributed by atoms with Gasteiger partial charge in [-0.3, -0.25) is 0 Å². The molecule has 3 atom stereocenters. The Hall–Kier alpha value is -1.11. The van der Waals surface area contributed by atoms with Crippen LogP contribution in [0.4, 0.5) is 0 Å². The summed E-state index contributed by atoms with van der Waals surface area (Å²) in [6.45, 7) is 0.661. The fourth-order valence-electron chi connectivity index (χ4n) is 3.25. The lowest BCUT2D eigenvalue weighted by molar-refractivity contribution is 0.127. The van der Waals surface area contributed by atoms with Crippen LogP contribution in [-0.2, 0) is 21.0 Å². The monoisotopic (exact) mass is 311 g/mol. The number of methoxy groups -OCH3 is 1. The van der Waals surface area contributed by atoms with Gasteiger partial charge in [0.05, 0.1) is 24.2 Å². The van der Waals surface area contributed by atoms with Crippen molar-refractivity contribution in [1.82, 2.24) is 0 Å². The van der Waals surface area contributed by atoms with E-state index in [9.17, 15) is 8.42 Å². The van der Waals surface area contributed by atoms with E-state index in [1.54, 1.807) is 7.11 Å². The topological polar surface area (TPSA) is 78.6 Å². The summed E-state index contributed by atoms with van der Waals surface area (Å²) in [5, 5.41) is -0.552. The molecule has 3 rings (SSSR count). The zero-order valence-corrected chi connectivity index (χ0v) is 12.9. The first-order valence-electron chi connectivity index (χ1n) is 7.27. The van der Waals surface area contributed by atoms with Crippen LogP contribution in [0.3, 0.4) is 0 Å². The largest absolute Gasteiger partial charge is 0.497 e. The minimum Gasteiger partial charge on any atom is -0.497 e. The van der Waals surface area contributed by atoms with Gasteiger partial charge < -0.3 is 15.2 Å². The quantitative estimate of drug-likeness (QED) is 0.904. The summed E-state index contributed by atoms with van der Waals surface area (Å²) in [5.41, 5.74) is 8.09. The SMILES string of the molecule is COc1ccc2c(c1)C(N)C(S(=O)(=O)CC1CCCO1)C2. The molecule has 0 amide bonds. The molecule has 0 spiro atoms. The Bertz CT molecular complexity index is 623. The Balaban J connectivity index is 1.81. The minimum atomic E-state index is -3.27. The zero-order valence-electron chi connectivity index (χ0n) is 12.1. The molecule has 21 heavy (non-hydrogen) atoms. The normalized spacial score (nSPS) is 28.6. The van der Waals surface area contributed by atoms with Crippen LogP contribution < -0.4 is 10.5 Å². The maximum Gasteiger partial charge on any atom is 0.157 e. The van der Waals surface area contributed by atoms with Crippen molar-refractivity contribution in [3.8, 4) is 5.75 Å². The van der Waals surface area contributed by atoms with E-state index in [2.05, 4.69) is 0 Å². The molecule has 6 heteroatoms. The summed E-state index contributed by atoms with van der Waals surface area (Å²) in [5.74, 6) is 0.789. The molecule has 0 bridgehead atoms. The molecule has 5 nitrogen and oxygen atoms in total. The van der Waals surface area contributed by atoms with Crippen molar-refractivity contribution >= 4 is 9.84 Å². The van der Waals surface area contributed by atoms with Gasteiger partial charge in [0.2, 0.25) is 0 Å². The third kappa shape index (κ3) is 2.80. The molecule has 1 fully saturated rings. The number of benzene rings is 1. The first-order valence-corrected chi connectivity index (χ1v) is 8.98. The Labute approximate surface area is 125 Å². The van der Waals surface area contributed by atoms with Crippen molar-refractivity contribution in [3.05, 3.63) is 29.3 Å². The molecule has 1 aliphatic heterocycles. The van der Waals surface area contributed by atoms with Crippen LogP contribution in [-0.4, -0.2) is 39.2 Å². The molecule has 0 saturated carbocycles. The van der Waals surface area contributed by atoms with Gasteiger partial charge in [-0.05, 0) is 42.5 Å². The summed E-state index contributed by atoms with van der Waals surface area (Å²) in [7, 11) is -1.68. The fraction of sp³-hybridized carbons (Fsp3) is 0.600. The zero-order chi connectivity index (χ0) is 15.0. The second-order valence-corrected chi connectivity index (χ2v) is 8.06. The molecule has 0 radical (unpaired) electrons.